The first-order chi connectivity index (χ1) is 12.6. The first-order valence-corrected chi connectivity index (χ1v) is 9.80. The van der Waals surface area contributed by atoms with Gasteiger partial charge in [-0.05, 0) is 55.8 Å². The number of allylic oxidation sites excluding steroid dienone is 1. The van der Waals surface area contributed by atoms with Crippen LogP contribution in [-0.2, 0) is 19.1 Å². The second-order valence-corrected chi connectivity index (χ2v) is 9.07. The lowest BCUT2D eigenvalue weighted by Crippen LogP contribution is -2.63. The summed E-state index contributed by atoms with van der Waals surface area (Å²) >= 11 is 0. The molecule has 3 rings (SSSR count). The number of fused-ring (bicyclic) bond motifs is 3. The van der Waals surface area contributed by atoms with Crippen LogP contribution in [0.4, 0.5) is 0 Å². The Bertz CT molecular complexity index is 697. The minimum Gasteiger partial charge on any atom is -0.478 e. The Balaban J connectivity index is 2.02. The van der Waals surface area contributed by atoms with Gasteiger partial charge in [-0.3, -0.25) is 9.59 Å². The molecule has 7 atom stereocenters. The molecule has 0 aromatic rings. The standard InChI is InChI=1S/C21H30O6/c1-11-12(9-17(24)25)5-6-13-18(11)14(22)10-15-20(13,2)8-7-16(23)21(15,3)19(26)27-4/h9,11,13,15-16,18,23H,5-8,10H2,1-4H3,(H,24,25)/b12-9+/t11-,13-,15+,16-,18-,20+,21+/m0/s1. The SMILES string of the molecule is COC(=O)[C@]1(C)[C@@H]2CC(=O)[C@H]3[C@@H](C)/C(=C/C(=O)O)CC[C@@H]3[C@@]2(C)CC[C@@H]1O. The summed E-state index contributed by atoms with van der Waals surface area (Å²) in [5.41, 5.74) is -0.530. The van der Waals surface area contributed by atoms with E-state index in [4.69, 9.17) is 9.84 Å². The van der Waals surface area contributed by atoms with Gasteiger partial charge in [-0.25, -0.2) is 4.79 Å². The summed E-state index contributed by atoms with van der Waals surface area (Å²) in [4.78, 5) is 36.9. The number of rotatable bonds is 2. The highest BCUT2D eigenvalue weighted by atomic mass is 16.5. The summed E-state index contributed by atoms with van der Waals surface area (Å²) in [5.74, 6) is -1.86. The van der Waals surface area contributed by atoms with Crippen LogP contribution >= 0.6 is 0 Å². The summed E-state index contributed by atoms with van der Waals surface area (Å²) in [6.07, 6.45) is 3.31. The molecule has 2 N–H and O–H groups in total. The molecule has 0 saturated heterocycles. The highest BCUT2D eigenvalue weighted by molar-refractivity contribution is 5.87. The van der Waals surface area contributed by atoms with Crippen molar-refractivity contribution in [2.75, 3.05) is 7.11 Å². The van der Waals surface area contributed by atoms with Crippen LogP contribution in [0, 0.1) is 34.5 Å². The van der Waals surface area contributed by atoms with E-state index in [0.717, 1.165) is 18.4 Å². The molecule has 3 fully saturated rings. The van der Waals surface area contributed by atoms with Gasteiger partial charge in [0.2, 0.25) is 0 Å². The van der Waals surface area contributed by atoms with Crippen LogP contribution in [0.1, 0.15) is 52.9 Å². The number of Topliss-reactive ketones (excluding diaryl/α,β-unsaturated/α-hetero) is 1. The highest BCUT2D eigenvalue weighted by Crippen LogP contribution is 2.64. The Morgan fingerprint density at radius 1 is 1.26 bits per heavy atom. The molecule has 150 valence electrons. The fourth-order valence-electron chi connectivity index (χ4n) is 6.48. The van der Waals surface area contributed by atoms with Gasteiger partial charge in [0.15, 0.2) is 0 Å². The molecule has 6 heteroatoms. The summed E-state index contributed by atoms with van der Waals surface area (Å²) < 4.78 is 5.03. The van der Waals surface area contributed by atoms with Gasteiger partial charge in [0.05, 0.1) is 18.6 Å². The van der Waals surface area contributed by atoms with E-state index in [1.807, 2.05) is 6.92 Å². The number of esters is 1. The van der Waals surface area contributed by atoms with Crippen LogP contribution in [-0.4, -0.2) is 41.1 Å². The molecule has 0 spiro atoms. The first-order valence-electron chi connectivity index (χ1n) is 9.80. The van der Waals surface area contributed by atoms with Crippen LogP contribution < -0.4 is 0 Å². The van der Waals surface area contributed by atoms with Crippen LogP contribution in [0.2, 0.25) is 0 Å². The molecule has 6 nitrogen and oxygen atoms in total. The summed E-state index contributed by atoms with van der Waals surface area (Å²) in [6, 6.07) is 0. The maximum absolute atomic E-state index is 13.2. The van der Waals surface area contributed by atoms with Crippen molar-refractivity contribution in [1.82, 2.24) is 0 Å². The molecule has 3 saturated carbocycles. The predicted octanol–water partition coefficient (Wildman–Crippen LogP) is 2.59. The maximum atomic E-state index is 13.2. The van der Waals surface area contributed by atoms with Crippen LogP contribution in [0.25, 0.3) is 0 Å². The van der Waals surface area contributed by atoms with E-state index in [1.165, 1.54) is 13.2 Å². The third-order valence-electron chi connectivity index (χ3n) is 8.03. The third-order valence-corrected chi connectivity index (χ3v) is 8.03. The molecule has 3 aliphatic rings. The van der Waals surface area contributed by atoms with Gasteiger partial charge in [-0.15, -0.1) is 0 Å². The Hall–Kier alpha value is -1.69. The molecule has 0 heterocycles. The molecule has 0 amide bonds. The van der Waals surface area contributed by atoms with Crippen LogP contribution in [0.5, 0.6) is 0 Å². The normalized spacial score (nSPS) is 45.7. The minimum atomic E-state index is -1.09. The number of aliphatic carboxylic acids is 1. The van der Waals surface area contributed by atoms with Crippen molar-refractivity contribution >= 4 is 17.7 Å². The number of aliphatic hydroxyl groups is 1. The quantitative estimate of drug-likeness (QED) is 0.566. The van der Waals surface area contributed by atoms with Gasteiger partial charge in [0, 0.05) is 18.4 Å². The summed E-state index contributed by atoms with van der Waals surface area (Å²) in [5, 5.41) is 19.8. The van der Waals surface area contributed by atoms with Gasteiger partial charge in [-0.2, -0.15) is 0 Å². The molecule has 3 aliphatic carbocycles. The van der Waals surface area contributed by atoms with Crippen molar-refractivity contribution in [3.63, 3.8) is 0 Å². The van der Waals surface area contributed by atoms with Gasteiger partial charge < -0.3 is 14.9 Å². The van der Waals surface area contributed by atoms with Gasteiger partial charge in [0.1, 0.15) is 5.78 Å². The Kier molecular flexibility index (Phi) is 5.00. The fraction of sp³-hybridized carbons (Fsp3) is 0.762. The molecule has 0 aliphatic heterocycles. The van der Waals surface area contributed by atoms with Crippen LogP contribution in [0.15, 0.2) is 11.6 Å². The molecular weight excluding hydrogens is 348 g/mol. The summed E-state index contributed by atoms with van der Waals surface area (Å²) in [6.45, 7) is 5.83. The number of carbonyl (C=O) groups excluding carboxylic acids is 2. The van der Waals surface area contributed by atoms with E-state index < -0.39 is 23.5 Å². The average Bonchev–Trinajstić information content (AvgIpc) is 2.61. The van der Waals surface area contributed by atoms with Gasteiger partial charge >= 0.3 is 11.9 Å². The fourth-order valence-corrected chi connectivity index (χ4v) is 6.48. The van der Waals surface area contributed by atoms with Crippen molar-refractivity contribution in [3.8, 4) is 0 Å². The lowest BCUT2D eigenvalue weighted by molar-refractivity contribution is -0.197. The lowest BCUT2D eigenvalue weighted by Gasteiger charge is -2.61. The zero-order chi connectivity index (χ0) is 20.1. The van der Waals surface area contributed by atoms with Crippen molar-refractivity contribution in [3.05, 3.63) is 11.6 Å². The number of methoxy groups -OCH3 is 1. The highest BCUT2D eigenvalue weighted by Gasteiger charge is 2.65. The average molecular weight is 378 g/mol. The van der Waals surface area contributed by atoms with Crippen LogP contribution in [0.3, 0.4) is 0 Å². The molecule has 0 aromatic heterocycles. The topological polar surface area (TPSA) is 101 Å². The number of hydrogen-bond acceptors (Lipinski definition) is 5. The Labute approximate surface area is 160 Å². The third kappa shape index (κ3) is 2.84. The molecule has 0 bridgehead atoms. The van der Waals surface area contributed by atoms with Crippen molar-refractivity contribution in [2.45, 2.75) is 59.0 Å². The minimum absolute atomic E-state index is 0.0789. The largest absolute Gasteiger partial charge is 0.478 e. The Morgan fingerprint density at radius 2 is 1.93 bits per heavy atom. The molecular formula is C21H30O6. The number of aliphatic hydroxyl groups excluding tert-OH is 1. The second-order valence-electron chi connectivity index (χ2n) is 9.07. The number of carboxylic acids is 1. The lowest BCUT2D eigenvalue weighted by atomic mass is 9.42. The molecule has 0 aromatic carbocycles. The zero-order valence-corrected chi connectivity index (χ0v) is 16.5. The number of ketones is 1. The molecule has 0 radical (unpaired) electrons. The first kappa shape index (κ1) is 20.1. The monoisotopic (exact) mass is 378 g/mol. The number of carbonyl (C=O) groups is 3. The second kappa shape index (κ2) is 6.73. The number of hydrogen-bond donors (Lipinski definition) is 2. The number of carboxylic acid groups (broad SMARTS) is 1. The van der Waals surface area contributed by atoms with E-state index in [1.54, 1.807) is 6.92 Å². The van der Waals surface area contributed by atoms with Gasteiger partial charge in [0.25, 0.3) is 0 Å². The van der Waals surface area contributed by atoms with Crippen molar-refractivity contribution < 1.29 is 29.3 Å². The van der Waals surface area contributed by atoms with E-state index in [9.17, 15) is 19.5 Å². The van der Waals surface area contributed by atoms with E-state index in [0.29, 0.717) is 12.8 Å². The van der Waals surface area contributed by atoms with E-state index >= 15 is 0 Å². The van der Waals surface area contributed by atoms with E-state index in [-0.39, 0.29) is 41.3 Å². The summed E-state index contributed by atoms with van der Waals surface area (Å²) in [7, 11) is 1.32. The number of ether oxygens (including phenoxy) is 1. The Morgan fingerprint density at radius 3 is 2.52 bits per heavy atom. The predicted molar refractivity (Wildman–Crippen MR) is 97.7 cm³/mol. The van der Waals surface area contributed by atoms with Gasteiger partial charge in [-0.1, -0.05) is 19.4 Å². The molecule has 27 heavy (non-hydrogen) atoms. The maximum Gasteiger partial charge on any atom is 0.328 e. The zero-order valence-electron chi connectivity index (χ0n) is 16.5. The smallest absolute Gasteiger partial charge is 0.328 e. The van der Waals surface area contributed by atoms with Crippen molar-refractivity contribution in [2.24, 2.45) is 34.5 Å². The molecule has 0 unspecified atom stereocenters. The van der Waals surface area contributed by atoms with E-state index in [2.05, 4.69) is 6.92 Å². The van der Waals surface area contributed by atoms with Crippen molar-refractivity contribution in [1.29, 1.82) is 0 Å².